The van der Waals surface area contributed by atoms with Crippen molar-refractivity contribution >= 4 is 33.3 Å². The molecule has 152 valence electrons. The van der Waals surface area contributed by atoms with Gasteiger partial charge < -0.3 is 15.5 Å². The number of nitrogens with zero attached hydrogens (tertiary/aromatic N) is 3. The average Bonchev–Trinajstić information content (AvgIpc) is 3.22. The average molecular weight is 402 g/mol. The molecule has 2 aliphatic carbocycles. The van der Waals surface area contributed by atoms with Gasteiger partial charge in [-0.15, -0.1) is 11.3 Å². The lowest BCUT2D eigenvalue weighted by atomic mass is 9.90. The summed E-state index contributed by atoms with van der Waals surface area (Å²) in [5, 5.41) is 7.86. The van der Waals surface area contributed by atoms with Crippen molar-refractivity contribution in [2.45, 2.75) is 69.9 Å². The van der Waals surface area contributed by atoms with Crippen LogP contribution in [-0.4, -0.2) is 53.5 Å². The maximum Gasteiger partial charge on any atom is 0.220 e. The number of aryl methyl sites for hydroxylation is 1. The third-order valence-electron chi connectivity index (χ3n) is 6.30. The number of rotatable bonds is 6. The molecule has 0 spiro atoms. The maximum absolute atomic E-state index is 12.2. The van der Waals surface area contributed by atoms with Crippen LogP contribution in [0.15, 0.2) is 6.33 Å². The molecule has 2 aromatic rings. The van der Waals surface area contributed by atoms with Crippen LogP contribution in [0, 0.1) is 0 Å². The van der Waals surface area contributed by atoms with E-state index in [1.54, 1.807) is 17.7 Å². The second-order valence-corrected chi connectivity index (χ2v) is 9.43. The van der Waals surface area contributed by atoms with Gasteiger partial charge in [0.1, 0.15) is 17.0 Å². The lowest BCUT2D eigenvalue weighted by Crippen LogP contribution is -2.36. The number of carbonyl (C=O) groups excluding carboxylic acids is 1. The quantitative estimate of drug-likeness (QED) is 0.775. The van der Waals surface area contributed by atoms with Crippen LogP contribution >= 0.6 is 11.3 Å². The van der Waals surface area contributed by atoms with Gasteiger partial charge in [-0.1, -0.05) is 0 Å². The molecule has 0 radical (unpaired) electrons. The largest absolute Gasteiger partial charge is 0.367 e. The summed E-state index contributed by atoms with van der Waals surface area (Å²) in [6, 6.07) is 1.16. The SMILES string of the molecule is CCNC(=O)CC1CCc2sc3ncnc(N[C@H]4CC[C@H](N(C)C)CC4)c3c21. The van der Waals surface area contributed by atoms with Crippen molar-refractivity contribution in [3.05, 3.63) is 16.8 Å². The molecule has 1 saturated carbocycles. The highest BCUT2D eigenvalue weighted by atomic mass is 32.1. The van der Waals surface area contributed by atoms with Crippen molar-refractivity contribution < 1.29 is 4.79 Å². The van der Waals surface area contributed by atoms with E-state index in [0.29, 0.717) is 25.0 Å². The lowest BCUT2D eigenvalue weighted by Gasteiger charge is -2.33. The second kappa shape index (κ2) is 8.33. The van der Waals surface area contributed by atoms with Gasteiger partial charge in [-0.2, -0.15) is 0 Å². The summed E-state index contributed by atoms with van der Waals surface area (Å²) in [6.07, 6.45) is 9.13. The van der Waals surface area contributed by atoms with E-state index in [1.807, 2.05) is 6.92 Å². The third-order valence-corrected chi connectivity index (χ3v) is 7.48. The lowest BCUT2D eigenvalue weighted by molar-refractivity contribution is -0.121. The highest BCUT2D eigenvalue weighted by molar-refractivity contribution is 7.19. The van der Waals surface area contributed by atoms with E-state index in [0.717, 1.165) is 23.5 Å². The first kappa shape index (κ1) is 19.6. The number of nitrogens with one attached hydrogen (secondary N) is 2. The van der Waals surface area contributed by atoms with Crippen molar-refractivity contribution in [2.75, 3.05) is 26.0 Å². The molecule has 1 amide bonds. The van der Waals surface area contributed by atoms with Gasteiger partial charge in [-0.25, -0.2) is 9.97 Å². The molecule has 0 aromatic carbocycles. The number of fused-ring (bicyclic) bond motifs is 3. The van der Waals surface area contributed by atoms with Crippen LogP contribution in [0.2, 0.25) is 0 Å². The molecule has 2 heterocycles. The minimum atomic E-state index is 0.146. The highest BCUT2D eigenvalue weighted by Crippen LogP contribution is 2.46. The third kappa shape index (κ3) is 3.87. The number of hydrogen-bond donors (Lipinski definition) is 2. The summed E-state index contributed by atoms with van der Waals surface area (Å²) in [6.45, 7) is 2.66. The van der Waals surface area contributed by atoms with E-state index in [2.05, 4.69) is 39.6 Å². The number of hydrogen-bond acceptors (Lipinski definition) is 6. The first-order chi connectivity index (χ1) is 13.6. The molecule has 2 aliphatic rings. The fraction of sp³-hybridized carbons (Fsp3) is 0.667. The zero-order chi connectivity index (χ0) is 19.7. The summed E-state index contributed by atoms with van der Waals surface area (Å²) in [5.74, 6) is 1.40. The van der Waals surface area contributed by atoms with Gasteiger partial charge >= 0.3 is 0 Å². The molecule has 28 heavy (non-hydrogen) atoms. The van der Waals surface area contributed by atoms with Gasteiger partial charge in [0, 0.05) is 29.9 Å². The van der Waals surface area contributed by atoms with Crippen molar-refractivity contribution in [3.63, 3.8) is 0 Å². The Kier molecular flexibility index (Phi) is 5.83. The number of thiophene rings is 1. The van der Waals surface area contributed by atoms with Crippen LogP contribution in [0.3, 0.4) is 0 Å². The normalized spacial score (nSPS) is 24.5. The van der Waals surface area contributed by atoms with E-state index < -0.39 is 0 Å². The van der Waals surface area contributed by atoms with E-state index in [1.165, 1.54) is 41.5 Å². The fourth-order valence-corrected chi connectivity index (χ4v) is 6.04. The van der Waals surface area contributed by atoms with Gasteiger partial charge in [0.2, 0.25) is 5.91 Å². The van der Waals surface area contributed by atoms with Gasteiger partial charge in [0.25, 0.3) is 0 Å². The Hall–Kier alpha value is -1.73. The van der Waals surface area contributed by atoms with Crippen LogP contribution < -0.4 is 10.6 Å². The Bertz CT molecular complexity index is 841. The summed E-state index contributed by atoms with van der Waals surface area (Å²) in [7, 11) is 4.35. The molecule has 2 aromatic heterocycles. The Morgan fingerprint density at radius 1 is 1.21 bits per heavy atom. The van der Waals surface area contributed by atoms with E-state index in [-0.39, 0.29) is 11.8 Å². The number of anilines is 1. The molecule has 0 bridgehead atoms. The molecule has 1 fully saturated rings. The molecule has 0 aliphatic heterocycles. The minimum absolute atomic E-state index is 0.146. The molecule has 6 nitrogen and oxygen atoms in total. The highest BCUT2D eigenvalue weighted by Gasteiger charge is 2.31. The maximum atomic E-state index is 12.2. The van der Waals surface area contributed by atoms with Crippen molar-refractivity contribution in [3.8, 4) is 0 Å². The smallest absolute Gasteiger partial charge is 0.220 e. The predicted molar refractivity (Wildman–Crippen MR) is 115 cm³/mol. The summed E-state index contributed by atoms with van der Waals surface area (Å²) in [4.78, 5) is 26.2. The standard InChI is InChI=1S/C21H31N5OS/c1-4-22-17(27)11-13-5-10-16-18(13)19-20(23-12-24-21(19)28-16)25-14-6-8-15(9-7-14)26(2)3/h12-15H,4-11H2,1-3H3,(H,22,27)(H,23,24,25)/t13?,14-,15-. The van der Waals surface area contributed by atoms with Crippen LogP contribution in [-0.2, 0) is 11.2 Å². The van der Waals surface area contributed by atoms with E-state index in [4.69, 9.17) is 0 Å². The topological polar surface area (TPSA) is 70.1 Å². The van der Waals surface area contributed by atoms with Crippen LogP contribution in [0.1, 0.15) is 61.8 Å². The molecule has 2 N–H and O–H groups in total. The molecule has 4 rings (SSSR count). The molecule has 1 unspecified atom stereocenters. The molecule has 1 atom stereocenters. The number of aromatic nitrogens is 2. The molecule has 0 saturated heterocycles. The first-order valence-corrected chi connectivity index (χ1v) is 11.3. The van der Waals surface area contributed by atoms with Crippen LogP contribution in [0.5, 0.6) is 0 Å². The van der Waals surface area contributed by atoms with E-state index >= 15 is 0 Å². The van der Waals surface area contributed by atoms with Crippen molar-refractivity contribution in [1.82, 2.24) is 20.2 Å². The molecular formula is C21H31N5OS. The Morgan fingerprint density at radius 2 is 2.00 bits per heavy atom. The van der Waals surface area contributed by atoms with Gasteiger partial charge in [-0.3, -0.25) is 4.79 Å². The van der Waals surface area contributed by atoms with Gasteiger partial charge in [-0.05, 0) is 71.0 Å². The monoisotopic (exact) mass is 401 g/mol. The Labute approximate surface area is 171 Å². The predicted octanol–water partition coefficient (Wildman–Crippen LogP) is 3.53. The van der Waals surface area contributed by atoms with Crippen LogP contribution in [0.4, 0.5) is 5.82 Å². The minimum Gasteiger partial charge on any atom is -0.367 e. The summed E-state index contributed by atoms with van der Waals surface area (Å²) < 4.78 is 0. The Morgan fingerprint density at radius 3 is 2.71 bits per heavy atom. The molecular weight excluding hydrogens is 370 g/mol. The Balaban J connectivity index is 1.56. The number of amides is 1. The zero-order valence-corrected chi connectivity index (χ0v) is 17.9. The number of carbonyl (C=O) groups is 1. The zero-order valence-electron chi connectivity index (χ0n) is 17.1. The second-order valence-electron chi connectivity index (χ2n) is 8.35. The van der Waals surface area contributed by atoms with E-state index in [9.17, 15) is 4.79 Å². The molecule has 7 heteroatoms. The van der Waals surface area contributed by atoms with Crippen molar-refractivity contribution in [2.24, 2.45) is 0 Å². The van der Waals surface area contributed by atoms with Crippen LogP contribution in [0.25, 0.3) is 10.2 Å². The van der Waals surface area contributed by atoms with Gasteiger partial charge in [0.15, 0.2) is 0 Å². The van der Waals surface area contributed by atoms with Crippen molar-refractivity contribution in [1.29, 1.82) is 0 Å². The summed E-state index contributed by atoms with van der Waals surface area (Å²) >= 11 is 1.78. The van der Waals surface area contributed by atoms with Gasteiger partial charge in [0.05, 0.1) is 5.39 Å². The summed E-state index contributed by atoms with van der Waals surface area (Å²) in [5.41, 5.74) is 1.33. The first-order valence-electron chi connectivity index (χ1n) is 10.5. The fourth-order valence-electron chi connectivity index (χ4n) is 4.80.